The quantitative estimate of drug-likeness (QED) is 0.468. The number of nitrogens with one attached hydrogen (secondary N) is 1. The van der Waals surface area contributed by atoms with E-state index in [0.717, 1.165) is 0 Å². The first kappa shape index (κ1) is 15.2. The van der Waals surface area contributed by atoms with Gasteiger partial charge in [0.15, 0.2) is 5.78 Å². The molecule has 1 amide bonds. The molecule has 0 aliphatic rings. The molecule has 0 aliphatic carbocycles. The monoisotopic (exact) mass is 283 g/mol. The fraction of sp³-hybridized carbons (Fsp3) is 0.308. The predicted molar refractivity (Wildman–Crippen MR) is 70.0 cm³/mol. The van der Waals surface area contributed by atoms with E-state index in [1.165, 1.54) is 12.1 Å². The van der Waals surface area contributed by atoms with Crippen molar-refractivity contribution in [3.8, 4) is 0 Å². The second-order valence-electron chi connectivity index (χ2n) is 3.72. The van der Waals surface area contributed by atoms with Gasteiger partial charge in [-0.05, 0) is 31.2 Å². The summed E-state index contributed by atoms with van der Waals surface area (Å²) in [5, 5.41) is 2.82. The number of amides is 1. The van der Waals surface area contributed by atoms with Gasteiger partial charge in [0.1, 0.15) is 6.04 Å². The molecule has 6 heteroatoms. The first-order valence-corrected chi connectivity index (χ1v) is 6.11. The molecule has 0 saturated heterocycles. The lowest BCUT2D eigenvalue weighted by Gasteiger charge is -2.14. The second-order valence-corrected chi connectivity index (χ2v) is 4.15. The molecule has 0 saturated carbocycles. The number of Topliss-reactive ketones (excluding diaryl/α,β-unsaturated/α-hetero) is 1. The van der Waals surface area contributed by atoms with Gasteiger partial charge in [0.2, 0.25) is 6.41 Å². The Morgan fingerprint density at radius 1 is 1.37 bits per heavy atom. The van der Waals surface area contributed by atoms with Crippen LogP contribution in [0.5, 0.6) is 0 Å². The summed E-state index contributed by atoms with van der Waals surface area (Å²) in [6.07, 6.45) is 0.186. The predicted octanol–water partition coefficient (Wildman–Crippen LogP) is 1.59. The molecule has 0 aromatic heterocycles. The molecule has 1 N–H and O–H groups in total. The Kier molecular flexibility index (Phi) is 6.02. The van der Waals surface area contributed by atoms with Crippen LogP contribution in [0.15, 0.2) is 24.3 Å². The van der Waals surface area contributed by atoms with E-state index in [1.54, 1.807) is 19.1 Å². The number of esters is 1. The van der Waals surface area contributed by atoms with Crippen LogP contribution in [0.1, 0.15) is 23.7 Å². The molecule has 5 nitrogen and oxygen atoms in total. The van der Waals surface area contributed by atoms with Gasteiger partial charge in [-0.15, -0.1) is 0 Å². The minimum absolute atomic E-state index is 0.200. The van der Waals surface area contributed by atoms with Crippen molar-refractivity contribution in [3.63, 3.8) is 0 Å². The summed E-state index contributed by atoms with van der Waals surface area (Å²) < 4.78 is 4.76. The lowest BCUT2D eigenvalue weighted by atomic mass is 10.0. The van der Waals surface area contributed by atoms with Gasteiger partial charge in [0, 0.05) is 10.6 Å². The SMILES string of the molecule is CCOC(=O)CC(NC=O)C(=O)c1ccc(Cl)cc1. The minimum atomic E-state index is -0.933. The normalized spacial score (nSPS) is 11.5. The molecular formula is C13H14ClNO4. The standard InChI is InChI=1S/C13H14ClNO4/c1-2-19-12(17)7-11(15-8-16)13(18)9-3-5-10(14)6-4-9/h3-6,8,11H,2,7H2,1H3,(H,15,16). The maximum Gasteiger partial charge on any atom is 0.308 e. The number of ketones is 1. The first-order valence-electron chi connectivity index (χ1n) is 5.73. The lowest BCUT2D eigenvalue weighted by molar-refractivity contribution is -0.143. The zero-order valence-electron chi connectivity index (χ0n) is 10.4. The van der Waals surface area contributed by atoms with Gasteiger partial charge in [-0.2, -0.15) is 0 Å². The zero-order valence-corrected chi connectivity index (χ0v) is 11.1. The van der Waals surface area contributed by atoms with Gasteiger partial charge in [-0.1, -0.05) is 11.6 Å². The van der Waals surface area contributed by atoms with Crippen LogP contribution in [0.2, 0.25) is 5.02 Å². The van der Waals surface area contributed by atoms with Gasteiger partial charge in [0.05, 0.1) is 13.0 Å². The fourth-order valence-electron chi connectivity index (χ4n) is 1.51. The van der Waals surface area contributed by atoms with E-state index >= 15 is 0 Å². The van der Waals surface area contributed by atoms with Crippen LogP contribution in [0.4, 0.5) is 0 Å². The molecule has 1 unspecified atom stereocenters. The van der Waals surface area contributed by atoms with Crippen molar-refractivity contribution < 1.29 is 19.1 Å². The molecule has 1 rings (SSSR count). The highest BCUT2D eigenvalue weighted by Crippen LogP contribution is 2.12. The Morgan fingerprint density at radius 3 is 2.53 bits per heavy atom. The van der Waals surface area contributed by atoms with Crippen molar-refractivity contribution in [2.24, 2.45) is 0 Å². The Balaban J connectivity index is 2.80. The van der Waals surface area contributed by atoms with E-state index in [4.69, 9.17) is 16.3 Å². The third-order valence-corrected chi connectivity index (χ3v) is 2.64. The van der Waals surface area contributed by atoms with E-state index in [0.29, 0.717) is 17.0 Å². The van der Waals surface area contributed by atoms with E-state index in [-0.39, 0.29) is 18.8 Å². The maximum absolute atomic E-state index is 12.1. The molecule has 0 bridgehead atoms. The number of ether oxygens (including phenoxy) is 1. The van der Waals surface area contributed by atoms with Crippen LogP contribution in [0.25, 0.3) is 0 Å². The highest BCUT2D eigenvalue weighted by Gasteiger charge is 2.23. The molecule has 1 atom stereocenters. The van der Waals surface area contributed by atoms with Crippen molar-refractivity contribution in [2.45, 2.75) is 19.4 Å². The van der Waals surface area contributed by atoms with Gasteiger partial charge in [0.25, 0.3) is 0 Å². The maximum atomic E-state index is 12.1. The largest absolute Gasteiger partial charge is 0.466 e. The van der Waals surface area contributed by atoms with Crippen LogP contribution in [-0.2, 0) is 14.3 Å². The summed E-state index contributed by atoms with van der Waals surface area (Å²) in [6, 6.07) is 5.27. The molecular weight excluding hydrogens is 270 g/mol. The molecule has 0 fully saturated rings. The Labute approximate surface area is 115 Å². The average molecular weight is 284 g/mol. The third-order valence-electron chi connectivity index (χ3n) is 2.39. The number of hydrogen-bond acceptors (Lipinski definition) is 4. The summed E-state index contributed by atoms with van der Waals surface area (Å²) in [6.45, 7) is 1.89. The topological polar surface area (TPSA) is 72.5 Å². The van der Waals surface area contributed by atoms with Crippen molar-refractivity contribution in [3.05, 3.63) is 34.9 Å². The number of carbonyl (C=O) groups is 3. The summed E-state index contributed by atoms with van der Waals surface area (Å²) in [7, 11) is 0. The van der Waals surface area contributed by atoms with Gasteiger partial charge in [-0.25, -0.2) is 0 Å². The highest BCUT2D eigenvalue weighted by molar-refractivity contribution is 6.30. The second kappa shape index (κ2) is 7.53. The number of rotatable bonds is 7. The number of carbonyl (C=O) groups excluding carboxylic acids is 3. The van der Waals surface area contributed by atoms with Crippen LogP contribution < -0.4 is 5.32 Å². The smallest absolute Gasteiger partial charge is 0.308 e. The van der Waals surface area contributed by atoms with Gasteiger partial charge >= 0.3 is 5.97 Å². The van der Waals surface area contributed by atoms with E-state index in [9.17, 15) is 14.4 Å². The van der Waals surface area contributed by atoms with Crippen molar-refractivity contribution in [2.75, 3.05) is 6.61 Å². The summed E-state index contributed by atoms with van der Waals surface area (Å²) in [5.74, 6) is -0.902. The number of halogens is 1. The Bertz CT molecular complexity index is 458. The van der Waals surface area contributed by atoms with E-state index in [2.05, 4.69) is 5.32 Å². The van der Waals surface area contributed by atoms with Crippen molar-refractivity contribution >= 4 is 29.8 Å². The van der Waals surface area contributed by atoms with Crippen molar-refractivity contribution in [1.82, 2.24) is 5.32 Å². The zero-order chi connectivity index (χ0) is 14.3. The van der Waals surface area contributed by atoms with Crippen LogP contribution in [0, 0.1) is 0 Å². The van der Waals surface area contributed by atoms with Gasteiger partial charge in [-0.3, -0.25) is 14.4 Å². The minimum Gasteiger partial charge on any atom is -0.466 e. The molecule has 0 spiro atoms. The Hall–Kier alpha value is -1.88. The molecule has 0 radical (unpaired) electrons. The molecule has 0 aliphatic heterocycles. The molecule has 19 heavy (non-hydrogen) atoms. The number of benzene rings is 1. The van der Waals surface area contributed by atoms with Crippen LogP contribution in [-0.4, -0.2) is 30.8 Å². The van der Waals surface area contributed by atoms with Crippen LogP contribution in [0.3, 0.4) is 0 Å². The molecule has 0 heterocycles. The summed E-state index contributed by atoms with van der Waals surface area (Å²) in [4.78, 5) is 34.0. The number of hydrogen-bond donors (Lipinski definition) is 1. The van der Waals surface area contributed by atoms with E-state index < -0.39 is 12.0 Å². The summed E-state index contributed by atoms with van der Waals surface area (Å²) in [5.41, 5.74) is 0.369. The third kappa shape index (κ3) is 4.71. The first-order chi connectivity index (χ1) is 9.08. The summed E-state index contributed by atoms with van der Waals surface area (Å²) >= 11 is 5.73. The highest BCUT2D eigenvalue weighted by atomic mass is 35.5. The molecule has 1 aromatic rings. The van der Waals surface area contributed by atoms with Crippen molar-refractivity contribution in [1.29, 1.82) is 0 Å². The fourth-order valence-corrected chi connectivity index (χ4v) is 1.64. The van der Waals surface area contributed by atoms with Crippen LogP contribution >= 0.6 is 11.6 Å². The van der Waals surface area contributed by atoms with E-state index in [1.807, 2.05) is 0 Å². The van der Waals surface area contributed by atoms with Gasteiger partial charge < -0.3 is 10.1 Å². The lowest BCUT2D eigenvalue weighted by Crippen LogP contribution is -2.38. The average Bonchev–Trinajstić information content (AvgIpc) is 2.38. The Morgan fingerprint density at radius 2 is 2.00 bits per heavy atom. The molecule has 1 aromatic carbocycles. The molecule has 102 valence electrons.